The fourth-order valence-corrected chi connectivity index (χ4v) is 3.15. The zero-order valence-electron chi connectivity index (χ0n) is 16.6. The maximum atomic E-state index is 12.3. The molecule has 162 valence electrons. The minimum absolute atomic E-state index is 0. The zero-order valence-corrected chi connectivity index (χ0v) is 22.2. The maximum absolute atomic E-state index is 12.3. The van der Waals surface area contributed by atoms with E-state index in [0.717, 1.165) is 12.1 Å². The van der Waals surface area contributed by atoms with Gasteiger partial charge in [-0.15, -0.1) is 10.1 Å². The molecule has 12 nitrogen and oxygen atoms in total. The minimum Gasteiger partial charge on any atom is -0.335 e. The van der Waals surface area contributed by atoms with Gasteiger partial charge in [0.25, 0.3) is 35.4 Å². The van der Waals surface area contributed by atoms with Crippen LogP contribution >= 0.6 is 0 Å². The second-order valence-electron chi connectivity index (χ2n) is 6.55. The van der Waals surface area contributed by atoms with Gasteiger partial charge in [-0.3, -0.25) is 39.2 Å². The molecule has 2 aromatic carbocycles. The van der Waals surface area contributed by atoms with Gasteiger partial charge in [0, 0.05) is 76.5 Å². The van der Waals surface area contributed by atoms with Gasteiger partial charge >= 0.3 is 0 Å². The molecule has 0 bridgehead atoms. The molecule has 0 saturated carbocycles. The van der Waals surface area contributed by atoms with E-state index in [9.17, 15) is 39.2 Å². The number of hydrogen-bond acceptors (Lipinski definition) is 8. The number of nitrogens with one attached hydrogen (secondary N) is 2. The predicted octanol–water partition coefficient (Wildman–Crippen LogP) is -0.231. The average Bonchev–Trinajstić information content (AvgIpc) is 3.13. The summed E-state index contributed by atoms with van der Waals surface area (Å²) in [5.74, 6) is -5.00. The normalized spacial score (nSPS) is 13.8. The molecule has 2 aliphatic heterocycles. The Labute approximate surface area is 235 Å². The Bertz CT molecular complexity index is 1140. The number of carbonyl (C=O) groups excluding carboxylic acids is 6. The van der Waals surface area contributed by atoms with E-state index in [1.807, 2.05) is 0 Å². The molecule has 0 saturated heterocycles. The van der Waals surface area contributed by atoms with E-state index in [-0.39, 0.29) is 116 Å². The first-order valence-electron chi connectivity index (χ1n) is 8.70. The van der Waals surface area contributed by atoms with Gasteiger partial charge in [-0.1, -0.05) is 0 Å². The van der Waals surface area contributed by atoms with E-state index < -0.39 is 35.4 Å². The molecular weight excluding hydrogens is 590 g/mol. The van der Waals surface area contributed by atoms with Crippen LogP contribution in [0.3, 0.4) is 0 Å². The van der Waals surface area contributed by atoms with Crippen molar-refractivity contribution in [1.29, 1.82) is 0 Å². The fourth-order valence-electron chi connectivity index (χ4n) is 3.15. The molecule has 0 aliphatic carbocycles. The Kier molecular flexibility index (Phi) is 8.50. The SMILES string of the molecule is O=C(NCNC(=O)c1ccc2c(c1)C(=O)N(O)C2=O)c1ccc2c(c1)C(=O)N(O)C2=O.[Y].[Y]. The number of imide groups is 2. The van der Waals surface area contributed by atoms with E-state index >= 15 is 0 Å². The first-order valence-corrected chi connectivity index (χ1v) is 8.70. The summed E-state index contributed by atoms with van der Waals surface area (Å²) in [5, 5.41) is 23.4. The fraction of sp³-hybridized carbons (Fsp3) is 0.0526. The second-order valence-corrected chi connectivity index (χ2v) is 6.55. The van der Waals surface area contributed by atoms with Crippen molar-refractivity contribution in [2.45, 2.75) is 0 Å². The number of carbonyl (C=O) groups is 6. The van der Waals surface area contributed by atoms with E-state index in [0.29, 0.717) is 0 Å². The molecule has 14 heteroatoms. The van der Waals surface area contributed by atoms with Gasteiger partial charge in [0.15, 0.2) is 0 Å². The van der Waals surface area contributed by atoms with Gasteiger partial charge in [0.2, 0.25) is 0 Å². The van der Waals surface area contributed by atoms with Crippen LogP contribution in [0.15, 0.2) is 36.4 Å². The molecule has 2 aliphatic rings. The summed E-state index contributed by atoms with van der Waals surface area (Å²) in [6.45, 7) is -0.316. The van der Waals surface area contributed by atoms with Gasteiger partial charge in [-0.25, -0.2) is 0 Å². The van der Waals surface area contributed by atoms with E-state index in [4.69, 9.17) is 0 Å². The van der Waals surface area contributed by atoms with Crippen LogP contribution in [-0.4, -0.2) is 62.7 Å². The molecule has 33 heavy (non-hydrogen) atoms. The van der Waals surface area contributed by atoms with E-state index in [2.05, 4.69) is 10.6 Å². The molecule has 0 aromatic heterocycles. The summed E-state index contributed by atoms with van der Waals surface area (Å²) >= 11 is 0. The predicted molar refractivity (Wildman–Crippen MR) is 97.3 cm³/mol. The Morgan fingerprint density at radius 2 is 0.970 bits per heavy atom. The molecule has 2 radical (unpaired) electrons. The average molecular weight is 602 g/mol. The van der Waals surface area contributed by atoms with Crippen molar-refractivity contribution in [2.24, 2.45) is 0 Å². The number of amides is 6. The summed E-state index contributed by atoms with van der Waals surface area (Å²) in [5.41, 5.74) is -0.283. The Morgan fingerprint density at radius 3 is 1.33 bits per heavy atom. The van der Waals surface area contributed by atoms with Gasteiger partial charge < -0.3 is 10.6 Å². The van der Waals surface area contributed by atoms with Crippen LogP contribution in [0.25, 0.3) is 0 Å². The maximum Gasteiger partial charge on any atom is 0.285 e. The van der Waals surface area contributed by atoms with E-state index in [1.54, 1.807) is 0 Å². The van der Waals surface area contributed by atoms with Crippen molar-refractivity contribution in [1.82, 2.24) is 20.8 Å². The molecule has 0 unspecified atom stereocenters. The monoisotopic (exact) mass is 602 g/mol. The van der Waals surface area contributed by atoms with Gasteiger partial charge in [0.1, 0.15) is 0 Å². The van der Waals surface area contributed by atoms with Crippen molar-refractivity contribution in [3.05, 3.63) is 69.8 Å². The first-order chi connectivity index (χ1) is 14.7. The molecule has 0 spiro atoms. The van der Waals surface area contributed by atoms with Gasteiger partial charge in [-0.05, 0) is 36.4 Å². The first kappa shape index (κ1) is 27.0. The number of hydrogen-bond donors (Lipinski definition) is 4. The second kappa shape index (κ2) is 10.4. The molecule has 0 atom stereocenters. The molecule has 2 aromatic rings. The van der Waals surface area contributed by atoms with Gasteiger partial charge in [0.05, 0.1) is 28.9 Å². The summed E-state index contributed by atoms with van der Waals surface area (Å²) in [6, 6.07) is 7.31. The summed E-state index contributed by atoms with van der Waals surface area (Å²) < 4.78 is 0. The third-order valence-corrected chi connectivity index (χ3v) is 4.75. The quantitative estimate of drug-likeness (QED) is 0.211. The molecule has 2 heterocycles. The Balaban J connectivity index is 0.00000193. The third-order valence-electron chi connectivity index (χ3n) is 4.75. The van der Waals surface area contributed by atoms with Crippen LogP contribution in [0.4, 0.5) is 0 Å². The number of benzene rings is 2. The van der Waals surface area contributed by atoms with Crippen LogP contribution in [0.2, 0.25) is 0 Å². The largest absolute Gasteiger partial charge is 0.335 e. The Morgan fingerprint density at radius 1 is 0.636 bits per heavy atom. The smallest absolute Gasteiger partial charge is 0.285 e. The van der Waals surface area contributed by atoms with Crippen molar-refractivity contribution in [2.75, 3.05) is 6.67 Å². The summed E-state index contributed by atoms with van der Waals surface area (Å²) in [7, 11) is 0. The van der Waals surface area contributed by atoms with Crippen LogP contribution < -0.4 is 10.6 Å². The molecule has 6 amide bonds. The molecule has 4 rings (SSSR count). The molecule has 4 N–H and O–H groups in total. The van der Waals surface area contributed by atoms with Crippen LogP contribution in [0, 0.1) is 0 Å². The van der Waals surface area contributed by atoms with Crippen LogP contribution in [0.5, 0.6) is 0 Å². The topological polar surface area (TPSA) is 173 Å². The number of nitrogens with zero attached hydrogens (tertiary/aromatic N) is 2. The van der Waals surface area contributed by atoms with Crippen molar-refractivity contribution in [3.63, 3.8) is 0 Å². The molecule has 0 fully saturated rings. The molecular formula is C19H12N4O8Y2. The zero-order chi connectivity index (χ0) is 22.4. The standard InChI is InChI=1S/C19H12N4O8.2Y/c24-14(8-1-3-10-12(5-8)18(28)22(30)16(10)26)20-7-21-15(25)9-2-4-11-13(6-9)19(29)23(31)17(11)27;;/h1-6,30-31H,7H2,(H,20,24)(H,21,25);;. The number of rotatable bonds is 4. The van der Waals surface area contributed by atoms with Crippen LogP contribution in [-0.2, 0) is 65.4 Å². The van der Waals surface area contributed by atoms with Crippen molar-refractivity contribution < 1.29 is 105 Å². The van der Waals surface area contributed by atoms with Crippen LogP contribution in [0.1, 0.15) is 62.1 Å². The Hall–Kier alpha value is -2.21. The van der Waals surface area contributed by atoms with Crippen molar-refractivity contribution in [3.8, 4) is 0 Å². The summed E-state index contributed by atoms with van der Waals surface area (Å²) in [6.07, 6.45) is 0. The third kappa shape index (κ3) is 4.72. The van der Waals surface area contributed by atoms with Crippen molar-refractivity contribution >= 4 is 35.4 Å². The van der Waals surface area contributed by atoms with E-state index in [1.165, 1.54) is 24.3 Å². The summed E-state index contributed by atoms with van der Waals surface area (Å²) in [4.78, 5) is 71.4. The number of fused-ring (bicyclic) bond motifs is 2. The van der Waals surface area contributed by atoms with Gasteiger partial charge in [-0.2, -0.15) is 0 Å². The number of hydroxylamine groups is 4. The minimum atomic E-state index is -0.950.